The van der Waals surface area contributed by atoms with E-state index in [4.69, 9.17) is 0 Å². The predicted molar refractivity (Wildman–Crippen MR) is 287 cm³/mol. The van der Waals surface area contributed by atoms with Crippen molar-refractivity contribution in [2.24, 2.45) is 0 Å². The van der Waals surface area contributed by atoms with Crippen molar-refractivity contribution in [2.75, 3.05) is 12.3 Å². The molecule has 0 saturated heterocycles. The lowest BCUT2D eigenvalue weighted by Gasteiger charge is -2.31. The van der Waals surface area contributed by atoms with Crippen molar-refractivity contribution in [3.05, 3.63) is 129 Å². The molecule has 0 atom stereocenters. The smallest absolute Gasteiger partial charge is 0.00641 e. The van der Waals surface area contributed by atoms with Crippen LogP contribution in [0.4, 0.5) is 0 Å². The van der Waals surface area contributed by atoms with Gasteiger partial charge in [0, 0.05) is 0 Å². The fourth-order valence-electron chi connectivity index (χ4n) is 7.61. The van der Waals surface area contributed by atoms with E-state index in [2.05, 4.69) is 251 Å². The third-order valence-corrected chi connectivity index (χ3v) is 17.3. The van der Waals surface area contributed by atoms with E-state index < -0.39 is 15.8 Å². The van der Waals surface area contributed by atoms with Gasteiger partial charge in [0.15, 0.2) is 0 Å². The van der Waals surface area contributed by atoms with Crippen LogP contribution in [0.5, 0.6) is 0 Å². The summed E-state index contributed by atoms with van der Waals surface area (Å²) in [6, 6.07) is 30.5. The zero-order chi connectivity index (χ0) is 47.4. The van der Waals surface area contributed by atoms with E-state index in [-0.39, 0.29) is 43.3 Å². The van der Waals surface area contributed by atoms with Crippen LogP contribution in [-0.4, -0.2) is 12.3 Å². The summed E-state index contributed by atoms with van der Waals surface area (Å²) in [4.78, 5) is 0. The summed E-state index contributed by atoms with van der Waals surface area (Å²) < 4.78 is 0. The van der Waals surface area contributed by atoms with Crippen molar-refractivity contribution >= 4 is 37.1 Å². The molecule has 0 radical (unpaired) electrons. The van der Waals surface area contributed by atoms with Crippen LogP contribution >= 0.6 is 15.8 Å². The fourth-order valence-corrected chi connectivity index (χ4v) is 12.1. The van der Waals surface area contributed by atoms with Crippen LogP contribution in [0.15, 0.2) is 84.9 Å². The number of hydrogen-bond acceptors (Lipinski definition) is 0. The van der Waals surface area contributed by atoms with Gasteiger partial charge in [-0.25, -0.2) is 0 Å². The normalized spacial score (nSPS) is 14.2. The van der Waals surface area contributed by atoms with Gasteiger partial charge in [-0.15, -0.1) is 0 Å². The Morgan fingerprint density at radius 2 is 0.371 bits per heavy atom. The number of hydrogen-bond donors (Lipinski definition) is 0. The molecule has 4 aromatic rings. The van der Waals surface area contributed by atoms with Crippen LogP contribution < -0.4 is 21.2 Å². The molecule has 0 aliphatic rings. The molecule has 340 valence electrons. The maximum absolute atomic E-state index is 2.58. The standard InChI is InChI=1S/C60H90P2/c1-53(2,3)41-29-42(54(4,5)6)34-49(33-41)61(50-35-43(55(7,8)9)30-44(36-50)56(10,11)12)27-25-26-28-62(51-37-45(57(13,14)15)31-46(38-51)58(16,17)18)52-39-47(59(19,20)21)32-48(40-52)60(22,23)24/h25-26,29-40H,27-28H2,1-24H3. The molecule has 0 spiro atoms. The van der Waals surface area contributed by atoms with Crippen LogP contribution in [-0.2, 0) is 43.3 Å². The largest absolute Gasteiger partial charge is 0.0832 e. The van der Waals surface area contributed by atoms with Crippen molar-refractivity contribution in [2.45, 2.75) is 209 Å². The molecule has 0 heterocycles. The zero-order valence-electron chi connectivity index (χ0n) is 44.4. The van der Waals surface area contributed by atoms with E-state index in [0.717, 1.165) is 12.3 Å². The summed E-state index contributed by atoms with van der Waals surface area (Å²) in [7, 11) is -1.41. The molecular weight excluding hydrogens is 783 g/mol. The Morgan fingerprint density at radius 1 is 0.242 bits per heavy atom. The third kappa shape index (κ3) is 13.5. The van der Waals surface area contributed by atoms with Gasteiger partial charge in [0.05, 0.1) is 0 Å². The average Bonchev–Trinajstić information content (AvgIpc) is 3.09. The first kappa shape index (κ1) is 52.1. The van der Waals surface area contributed by atoms with Gasteiger partial charge < -0.3 is 0 Å². The van der Waals surface area contributed by atoms with Crippen LogP contribution in [0.1, 0.15) is 211 Å². The van der Waals surface area contributed by atoms with E-state index in [1.807, 2.05) is 0 Å². The summed E-state index contributed by atoms with van der Waals surface area (Å²) in [6.45, 7) is 57.0. The first-order chi connectivity index (χ1) is 27.8. The minimum atomic E-state index is -0.706. The van der Waals surface area contributed by atoms with Crippen LogP contribution in [0.2, 0.25) is 0 Å². The molecule has 4 rings (SSSR count). The van der Waals surface area contributed by atoms with Crippen molar-refractivity contribution in [3.63, 3.8) is 0 Å². The Labute approximate surface area is 386 Å². The topological polar surface area (TPSA) is 0 Å². The van der Waals surface area contributed by atoms with E-state index >= 15 is 0 Å². The maximum Gasteiger partial charge on any atom is -0.00641 e. The van der Waals surface area contributed by atoms with Crippen molar-refractivity contribution in [1.82, 2.24) is 0 Å². The molecule has 0 aromatic heterocycles. The van der Waals surface area contributed by atoms with E-state index in [1.54, 1.807) is 0 Å². The van der Waals surface area contributed by atoms with Gasteiger partial charge in [0.1, 0.15) is 0 Å². The Kier molecular flexibility index (Phi) is 15.2. The lowest BCUT2D eigenvalue weighted by molar-refractivity contribution is 0.568. The lowest BCUT2D eigenvalue weighted by atomic mass is 9.81. The van der Waals surface area contributed by atoms with Gasteiger partial charge in [0.2, 0.25) is 0 Å². The van der Waals surface area contributed by atoms with Gasteiger partial charge in [-0.2, -0.15) is 0 Å². The van der Waals surface area contributed by atoms with E-state index in [0.29, 0.717) is 0 Å². The van der Waals surface area contributed by atoms with E-state index in [1.165, 1.54) is 65.7 Å². The van der Waals surface area contributed by atoms with Gasteiger partial charge >= 0.3 is 0 Å². The SMILES string of the molecule is CC(C)(C)c1cc(P(CC=CCP(c2cc(C(C)(C)C)cc(C(C)(C)C)c2)c2cc(C(C)(C)C)cc(C(C)(C)C)c2)c2cc(C(C)(C)C)cc(C(C)(C)C)c2)cc(C(C)(C)C)c1. The molecule has 0 aliphatic carbocycles. The van der Waals surface area contributed by atoms with E-state index in [9.17, 15) is 0 Å². The molecule has 0 unspecified atom stereocenters. The fraction of sp³-hybridized carbons (Fsp3) is 0.567. The van der Waals surface area contributed by atoms with Crippen LogP contribution in [0.25, 0.3) is 0 Å². The van der Waals surface area contributed by atoms with Crippen LogP contribution in [0.3, 0.4) is 0 Å². The second-order valence-electron chi connectivity index (χ2n) is 26.8. The monoisotopic (exact) mass is 873 g/mol. The summed E-state index contributed by atoms with van der Waals surface area (Å²) in [5, 5.41) is 5.98. The Bertz CT molecular complexity index is 1770. The molecule has 0 bridgehead atoms. The van der Waals surface area contributed by atoms with Crippen molar-refractivity contribution in [3.8, 4) is 0 Å². The molecular formula is C60H90P2. The first-order valence-electron chi connectivity index (χ1n) is 23.6. The molecule has 0 aliphatic heterocycles. The Morgan fingerprint density at radius 3 is 0.484 bits per heavy atom. The van der Waals surface area contributed by atoms with Gasteiger partial charge in [-0.05, 0) is 137 Å². The zero-order valence-corrected chi connectivity index (χ0v) is 46.2. The summed E-state index contributed by atoms with van der Waals surface area (Å²) in [5.41, 5.74) is 11.9. The summed E-state index contributed by atoms with van der Waals surface area (Å²) in [6.07, 6.45) is 7.19. The summed E-state index contributed by atoms with van der Waals surface area (Å²) in [5.74, 6) is 0. The Hall–Kier alpha value is -2.52. The molecule has 0 saturated carbocycles. The molecule has 2 heteroatoms. The maximum atomic E-state index is 2.58. The van der Waals surface area contributed by atoms with Crippen LogP contribution in [0, 0.1) is 0 Å². The first-order valence-corrected chi connectivity index (χ1v) is 26.7. The molecule has 62 heavy (non-hydrogen) atoms. The molecule has 0 fully saturated rings. The minimum absolute atomic E-state index is 0.0491. The lowest BCUT2D eigenvalue weighted by Crippen LogP contribution is -2.25. The highest BCUT2D eigenvalue weighted by molar-refractivity contribution is 7.73. The number of rotatable bonds is 8. The quantitative estimate of drug-likeness (QED) is 0.122. The highest BCUT2D eigenvalue weighted by Gasteiger charge is 2.29. The predicted octanol–water partition coefficient (Wildman–Crippen LogP) is 16.2. The minimum Gasteiger partial charge on any atom is -0.0832 e. The van der Waals surface area contributed by atoms with Gasteiger partial charge in [-0.1, -0.05) is 251 Å². The molecule has 0 amide bonds. The molecule has 0 N–H and O–H groups in total. The average molecular weight is 873 g/mol. The number of benzene rings is 4. The second kappa shape index (κ2) is 18.0. The highest BCUT2D eigenvalue weighted by atomic mass is 31.1. The number of allylic oxidation sites excluding steroid dienone is 2. The molecule has 0 nitrogen and oxygen atoms in total. The molecule has 4 aromatic carbocycles. The Balaban J connectivity index is 2.02. The third-order valence-electron chi connectivity index (χ3n) is 12.6. The highest BCUT2D eigenvalue weighted by Crippen LogP contribution is 2.43. The van der Waals surface area contributed by atoms with Crippen molar-refractivity contribution < 1.29 is 0 Å². The van der Waals surface area contributed by atoms with Crippen molar-refractivity contribution in [1.29, 1.82) is 0 Å². The second-order valence-corrected chi connectivity index (χ2v) is 31.3. The van der Waals surface area contributed by atoms with Gasteiger partial charge in [-0.3, -0.25) is 0 Å². The van der Waals surface area contributed by atoms with Gasteiger partial charge in [0.25, 0.3) is 0 Å². The summed E-state index contributed by atoms with van der Waals surface area (Å²) >= 11 is 0.